The first-order valence-corrected chi connectivity index (χ1v) is 9.29. The third-order valence-corrected chi connectivity index (χ3v) is 4.63. The molecule has 2 aromatic rings. The van der Waals surface area contributed by atoms with Crippen molar-refractivity contribution >= 4 is 63.6 Å². The van der Waals surface area contributed by atoms with E-state index in [0.29, 0.717) is 43.0 Å². The van der Waals surface area contributed by atoms with Gasteiger partial charge in [-0.2, -0.15) is 0 Å². The van der Waals surface area contributed by atoms with Crippen LogP contribution in [0.3, 0.4) is 0 Å². The van der Waals surface area contributed by atoms with Crippen molar-refractivity contribution in [2.75, 3.05) is 18.5 Å². The number of nitrogens with zero attached hydrogens (tertiary/aromatic N) is 1. The maximum absolute atomic E-state index is 12.1. The summed E-state index contributed by atoms with van der Waals surface area (Å²) >= 11 is 13.8. The van der Waals surface area contributed by atoms with Gasteiger partial charge in [-0.05, 0) is 59.8 Å². The zero-order valence-electron chi connectivity index (χ0n) is 13.6. The second kappa shape index (κ2) is 9.84. The number of hydrogen-bond donors (Lipinski definition) is 2. The van der Waals surface area contributed by atoms with Crippen LogP contribution in [0.5, 0.6) is 11.5 Å². The molecule has 0 unspecified atom stereocenters. The van der Waals surface area contributed by atoms with Crippen molar-refractivity contribution in [3.63, 3.8) is 0 Å². The van der Waals surface area contributed by atoms with Crippen molar-refractivity contribution in [3.05, 3.63) is 49.5 Å². The van der Waals surface area contributed by atoms with Crippen molar-refractivity contribution in [1.29, 1.82) is 0 Å². The molecule has 0 aliphatic carbocycles. The highest BCUT2D eigenvalue weighted by Crippen LogP contribution is 2.34. The minimum Gasteiger partial charge on any atom is -0.490 e. The summed E-state index contributed by atoms with van der Waals surface area (Å²) in [6, 6.07) is 8.20. The van der Waals surface area contributed by atoms with E-state index < -0.39 is 0 Å². The maximum atomic E-state index is 12.1. The van der Waals surface area contributed by atoms with E-state index in [1.54, 1.807) is 30.3 Å². The van der Waals surface area contributed by atoms with E-state index in [4.69, 9.17) is 37.9 Å². The van der Waals surface area contributed by atoms with Crippen LogP contribution in [0.25, 0.3) is 0 Å². The van der Waals surface area contributed by atoms with Gasteiger partial charge in [0.15, 0.2) is 18.1 Å². The lowest BCUT2D eigenvalue weighted by Crippen LogP contribution is -2.20. The van der Waals surface area contributed by atoms with Crippen LogP contribution in [0.4, 0.5) is 5.69 Å². The summed E-state index contributed by atoms with van der Waals surface area (Å²) in [6.45, 7) is 2.03. The molecule has 0 atom stereocenters. The number of carbonyl (C=O) groups excluding carboxylic acids is 1. The molecule has 9 heteroatoms. The molecule has 1 amide bonds. The molecule has 0 aliphatic heterocycles. The molecular formula is C17H15Cl2IN2O4. The topological polar surface area (TPSA) is 80.2 Å². The molecule has 6 nitrogen and oxygen atoms in total. The maximum Gasteiger partial charge on any atom is 0.262 e. The number of amides is 1. The molecule has 2 aromatic carbocycles. The first-order valence-electron chi connectivity index (χ1n) is 7.46. The summed E-state index contributed by atoms with van der Waals surface area (Å²) in [5.41, 5.74) is 1.16. The number of benzene rings is 2. The Morgan fingerprint density at radius 3 is 2.69 bits per heavy atom. The molecule has 2 rings (SSSR count). The van der Waals surface area contributed by atoms with Crippen molar-refractivity contribution < 1.29 is 19.5 Å². The molecule has 0 saturated carbocycles. The van der Waals surface area contributed by atoms with E-state index in [0.717, 1.165) is 0 Å². The van der Waals surface area contributed by atoms with E-state index in [1.807, 2.05) is 6.92 Å². The van der Waals surface area contributed by atoms with Gasteiger partial charge in [0.25, 0.3) is 5.91 Å². The Kier molecular flexibility index (Phi) is 7.80. The van der Waals surface area contributed by atoms with Crippen LogP contribution in [-0.2, 0) is 4.79 Å². The first-order chi connectivity index (χ1) is 12.4. The van der Waals surface area contributed by atoms with Gasteiger partial charge in [-0.15, -0.1) is 0 Å². The normalized spacial score (nSPS) is 10.8. The Hall–Kier alpha value is -1.71. The van der Waals surface area contributed by atoms with Crippen molar-refractivity contribution in [1.82, 2.24) is 0 Å². The predicted octanol–water partition coefficient (Wildman–Crippen LogP) is 4.82. The van der Waals surface area contributed by atoms with Crippen LogP contribution in [0, 0.1) is 3.57 Å². The fraction of sp³-hybridized carbons (Fsp3) is 0.176. The number of hydrogen-bond acceptors (Lipinski definition) is 5. The number of rotatable bonds is 7. The number of ether oxygens (including phenoxy) is 2. The van der Waals surface area contributed by atoms with Crippen molar-refractivity contribution in [2.45, 2.75) is 6.92 Å². The van der Waals surface area contributed by atoms with E-state index in [9.17, 15) is 4.79 Å². The Morgan fingerprint density at radius 1 is 1.27 bits per heavy atom. The molecule has 0 fully saturated rings. The van der Waals surface area contributed by atoms with Gasteiger partial charge in [0.2, 0.25) is 0 Å². The highest BCUT2D eigenvalue weighted by molar-refractivity contribution is 14.1. The zero-order valence-corrected chi connectivity index (χ0v) is 17.3. The summed E-state index contributed by atoms with van der Waals surface area (Å²) in [5, 5.41) is 15.1. The van der Waals surface area contributed by atoms with E-state index in [-0.39, 0.29) is 12.5 Å². The smallest absolute Gasteiger partial charge is 0.262 e. The van der Waals surface area contributed by atoms with Gasteiger partial charge in [-0.25, -0.2) is 0 Å². The Labute approximate surface area is 174 Å². The number of halogens is 3. The summed E-state index contributed by atoms with van der Waals surface area (Å²) in [5.74, 6) is 0.533. The third kappa shape index (κ3) is 5.65. The highest BCUT2D eigenvalue weighted by Gasteiger charge is 2.14. The lowest BCUT2D eigenvalue weighted by atomic mass is 10.2. The summed E-state index contributed by atoms with van der Waals surface area (Å²) < 4.78 is 11.9. The Balaban J connectivity index is 2.09. The lowest BCUT2D eigenvalue weighted by Gasteiger charge is -2.14. The molecule has 0 saturated heterocycles. The molecular weight excluding hydrogens is 494 g/mol. The first kappa shape index (κ1) is 20.6. The van der Waals surface area contributed by atoms with Crippen LogP contribution in [0.2, 0.25) is 10.0 Å². The van der Waals surface area contributed by atoms with Gasteiger partial charge in [0.05, 0.1) is 26.4 Å². The number of anilines is 1. The van der Waals surface area contributed by atoms with Crippen LogP contribution in [-0.4, -0.2) is 30.5 Å². The second-order valence-electron chi connectivity index (χ2n) is 4.97. The lowest BCUT2D eigenvalue weighted by molar-refractivity contribution is -0.118. The molecule has 26 heavy (non-hydrogen) atoms. The van der Waals surface area contributed by atoms with Crippen molar-refractivity contribution in [3.8, 4) is 11.5 Å². The number of carbonyl (C=O) groups is 1. The minimum absolute atomic E-state index is 0.218. The fourth-order valence-corrected chi connectivity index (χ4v) is 3.12. The summed E-state index contributed by atoms with van der Waals surface area (Å²) in [7, 11) is 0. The highest BCUT2D eigenvalue weighted by atomic mass is 127. The molecule has 0 aromatic heterocycles. The van der Waals surface area contributed by atoms with Crippen LogP contribution >= 0.6 is 45.8 Å². The summed E-state index contributed by atoms with van der Waals surface area (Å²) in [6.07, 6.45) is 1.28. The Bertz CT molecular complexity index is 831. The van der Waals surface area contributed by atoms with Gasteiger partial charge < -0.3 is 20.0 Å². The Morgan fingerprint density at radius 2 is 2.04 bits per heavy atom. The van der Waals surface area contributed by atoms with Gasteiger partial charge in [-0.1, -0.05) is 28.4 Å². The SMILES string of the molecule is CCOc1cc(/C=N/O)cc(I)c1OCC(=O)Nc1ccc(Cl)c(Cl)c1. The van der Waals surface area contributed by atoms with Gasteiger partial charge in [0, 0.05) is 11.3 Å². The average molecular weight is 509 g/mol. The monoisotopic (exact) mass is 508 g/mol. The van der Waals surface area contributed by atoms with Crippen LogP contribution in [0.1, 0.15) is 12.5 Å². The number of oxime groups is 1. The average Bonchev–Trinajstić information content (AvgIpc) is 2.58. The molecule has 0 bridgehead atoms. The minimum atomic E-state index is -0.359. The van der Waals surface area contributed by atoms with E-state index in [1.165, 1.54) is 6.21 Å². The zero-order chi connectivity index (χ0) is 19.1. The molecule has 2 N–H and O–H groups in total. The van der Waals surface area contributed by atoms with Crippen LogP contribution in [0.15, 0.2) is 35.5 Å². The van der Waals surface area contributed by atoms with E-state index >= 15 is 0 Å². The number of nitrogens with one attached hydrogen (secondary N) is 1. The predicted molar refractivity (Wildman–Crippen MR) is 110 cm³/mol. The fourth-order valence-electron chi connectivity index (χ4n) is 2.04. The molecule has 0 spiro atoms. The van der Waals surface area contributed by atoms with Crippen molar-refractivity contribution in [2.24, 2.45) is 5.16 Å². The molecule has 0 aliphatic rings. The second-order valence-corrected chi connectivity index (χ2v) is 6.95. The van der Waals surface area contributed by atoms with Gasteiger partial charge in [-0.3, -0.25) is 4.79 Å². The third-order valence-electron chi connectivity index (χ3n) is 3.09. The molecule has 0 radical (unpaired) electrons. The van der Waals surface area contributed by atoms with Crippen LogP contribution < -0.4 is 14.8 Å². The van der Waals surface area contributed by atoms with Gasteiger partial charge in [0.1, 0.15) is 0 Å². The van der Waals surface area contributed by atoms with Gasteiger partial charge >= 0.3 is 0 Å². The largest absolute Gasteiger partial charge is 0.490 e. The molecule has 138 valence electrons. The summed E-state index contributed by atoms with van der Waals surface area (Å²) in [4.78, 5) is 12.1. The molecule has 0 heterocycles. The quantitative estimate of drug-likeness (QED) is 0.243. The standard InChI is InChI=1S/C17H15Cl2IN2O4/c1-2-25-15-6-10(8-21-24)5-14(20)17(15)26-9-16(23)22-11-3-4-12(18)13(19)7-11/h3-8,24H,2,9H2,1H3,(H,22,23)/b21-8+. The van der Waals surface area contributed by atoms with E-state index in [2.05, 4.69) is 33.1 Å².